The SMILES string of the molecule is CCN(CCCO)C(=O)CSC1CCNCC1. The van der Waals surface area contributed by atoms with E-state index in [1.807, 2.05) is 11.8 Å². The molecule has 5 heteroatoms. The third kappa shape index (κ3) is 5.75. The molecular weight excluding hydrogens is 236 g/mol. The lowest BCUT2D eigenvalue weighted by Gasteiger charge is -2.24. The molecule has 1 aliphatic rings. The quantitative estimate of drug-likeness (QED) is 0.707. The molecule has 0 radical (unpaired) electrons. The lowest BCUT2D eigenvalue weighted by Crippen LogP contribution is -2.35. The molecule has 0 spiro atoms. The summed E-state index contributed by atoms with van der Waals surface area (Å²) in [7, 11) is 0. The Labute approximate surface area is 108 Å². The van der Waals surface area contributed by atoms with Crippen LogP contribution in [0.3, 0.4) is 0 Å². The van der Waals surface area contributed by atoms with Crippen molar-refractivity contribution in [2.75, 3.05) is 38.5 Å². The van der Waals surface area contributed by atoms with E-state index in [9.17, 15) is 4.79 Å². The van der Waals surface area contributed by atoms with Crippen LogP contribution in [0.4, 0.5) is 0 Å². The predicted molar refractivity (Wildman–Crippen MR) is 72.3 cm³/mol. The number of rotatable bonds is 7. The first-order valence-electron chi connectivity index (χ1n) is 6.49. The van der Waals surface area contributed by atoms with Gasteiger partial charge in [-0.2, -0.15) is 0 Å². The Hall–Kier alpha value is -0.260. The lowest BCUT2D eigenvalue weighted by molar-refractivity contribution is -0.128. The average molecular weight is 260 g/mol. The fourth-order valence-corrected chi connectivity index (χ4v) is 3.09. The van der Waals surface area contributed by atoms with E-state index < -0.39 is 0 Å². The fourth-order valence-electron chi connectivity index (χ4n) is 1.96. The number of aliphatic hydroxyl groups is 1. The second-order valence-electron chi connectivity index (χ2n) is 4.31. The van der Waals surface area contributed by atoms with Gasteiger partial charge in [0.25, 0.3) is 0 Å². The molecule has 2 N–H and O–H groups in total. The van der Waals surface area contributed by atoms with Crippen molar-refractivity contribution in [1.29, 1.82) is 0 Å². The second kappa shape index (κ2) is 8.78. The Kier molecular flexibility index (Phi) is 7.64. The van der Waals surface area contributed by atoms with Crippen LogP contribution in [0.25, 0.3) is 0 Å². The summed E-state index contributed by atoms with van der Waals surface area (Å²) < 4.78 is 0. The van der Waals surface area contributed by atoms with Crippen molar-refractivity contribution in [3.8, 4) is 0 Å². The Morgan fingerprint density at radius 2 is 2.18 bits per heavy atom. The highest BCUT2D eigenvalue weighted by Gasteiger charge is 2.17. The van der Waals surface area contributed by atoms with Gasteiger partial charge in [-0.3, -0.25) is 4.79 Å². The lowest BCUT2D eigenvalue weighted by atomic mass is 10.2. The van der Waals surface area contributed by atoms with Crippen molar-refractivity contribution < 1.29 is 9.90 Å². The van der Waals surface area contributed by atoms with E-state index in [0.29, 0.717) is 24.0 Å². The summed E-state index contributed by atoms with van der Waals surface area (Å²) >= 11 is 1.79. The molecule has 0 aromatic carbocycles. The van der Waals surface area contributed by atoms with Crippen molar-refractivity contribution in [1.82, 2.24) is 10.2 Å². The number of hydrogen-bond acceptors (Lipinski definition) is 4. The highest BCUT2D eigenvalue weighted by atomic mass is 32.2. The van der Waals surface area contributed by atoms with E-state index in [-0.39, 0.29) is 12.5 Å². The zero-order chi connectivity index (χ0) is 12.5. The van der Waals surface area contributed by atoms with Crippen LogP contribution in [0.1, 0.15) is 26.2 Å². The van der Waals surface area contributed by atoms with Crippen molar-refractivity contribution in [3.63, 3.8) is 0 Å². The number of piperidine rings is 1. The topological polar surface area (TPSA) is 52.6 Å². The molecule has 1 amide bonds. The number of carbonyl (C=O) groups is 1. The molecule has 1 fully saturated rings. The van der Waals surface area contributed by atoms with Gasteiger partial charge in [0.1, 0.15) is 0 Å². The standard InChI is InChI=1S/C12H24N2O2S/c1-2-14(8-3-9-15)12(16)10-17-11-4-6-13-7-5-11/h11,13,15H,2-10H2,1H3. The minimum Gasteiger partial charge on any atom is -0.396 e. The Balaban J connectivity index is 2.21. The van der Waals surface area contributed by atoms with Gasteiger partial charge in [0.15, 0.2) is 0 Å². The summed E-state index contributed by atoms with van der Waals surface area (Å²) in [4.78, 5) is 13.8. The van der Waals surface area contributed by atoms with Crippen LogP contribution < -0.4 is 5.32 Å². The van der Waals surface area contributed by atoms with Crippen LogP contribution in [-0.4, -0.2) is 59.7 Å². The van der Waals surface area contributed by atoms with Crippen LogP contribution in [0.5, 0.6) is 0 Å². The van der Waals surface area contributed by atoms with Gasteiger partial charge in [-0.1, -0.05) is 0 Å². The molecule has 17 heavy (non-hydrogen) atoms. The number of carbonyl (C=O) groups excluding carboxylic acids is 1. The number of nitrogens with zero attached hydrogens (tertiary/aromatic N) is 1. The average Bonchev–Trinajstić information content (AvgIpc) is 2.38. The van der Waals surface area contributed by atoms with Crippen LogP contribution in [-0.2, 0) is 4.79 Å². The molecule has 0 aliphatic carbocycles. The fraction of sp³-hybridized carbons (Fsp3) is 0.917. The van der Waals surface area contributed by atoms with Crippen LogP contribution in [0.2, 0.25) is 0 Å². The van der Waals surface area contributed by atoms with E-state index in [0.717, 1.165) is 19.6 Å². The molecule has 1 saturated heterocycles. The largest absolute Gasteiger partial charge is 0.396 e. The van der Waals surface area contributed by atoms with E-state index in [4.69, 9.17) is 5.11 Å². The molecular formula is C12H24N2O2S. The highest BCUT2D eigenvalue weighted by Crippen LogP contribution is 2.20. The first kappa shape index (κ1) is 14.8. The summed E-state index contributed by atoms with van der Waals surface area (Å²) in [6, 6.07) is 0. The Morgan fingerprint density at radius 3 is 2.76 bits per heavy atom. The van der Waals surface area contributed by atoms with Crippen molar-refractivity contribution in [2.45, 2.75) is 31.4 Å². The molecule has 100 valence electrons. The zero-order valence-corrected chi connectivity index (χ0v) is 11.5. The van der Waals surface area contributed by atoms with Gasteiger partial charge in [0, 0.05) is 24.9 Å². The third-order valence-corrected chi connectivity index (χ3v) is 4.41. The second-order valence-corrected chi connectivity index (χ2v) is 5.60. The molecule has 0 aromatic heterocycles. The van der Waals surface area contributed by atoms with Gasteiger partial charge in [-0.05, 0) is 39.3 Å². The monoisotopic (exact) mass is 260 g/mol. The summed E-state index contributed by atoms with van der Waals surface area (Å²) in [5.74, 6) is 0.800. The number of amides is 1. The molecule has 0 bridgehead atoms. The molecule has 1 heterocycles. The van der Waals surface area contributed by atoms with Gasteiger partial charge >= 0.3 is 0 Å². The number of nitrogens with one attached hydrogen (secondary N) is 1. The Bertz CT molecular complexity index is 221. The molecule has 1 aliphatic heterocycles. The highest BCUT2D eigenvalue weighted by molar-refractivity contribution is 8.00. The summed E-state index contributed by atoms with van der Waals surface area (Å²) in [6.45, 7) is 5.72. The smallest absolute Gasteiger partial charge is 0.232 e. The number of aliphatic hydroxyl groups excluding tert-OH is 1. The summed E-state index contributed by atoms with van der Waals surface area (Å²) in [5, 5.41) is 12.7. The van der Waals surface area contributed by atoms with E-state index in [1.54, 1.807) is 11.8 Å². The van der Waals surface area contributed by atoms with E-state index >= 15 is 0 Å². The molecule has 0 atom stereocenters. The van der Waals surface area contributed by atoms with Gasteiger partial charge < -0.3 is 15.3 Å². The summed E-state index contributed by atoms with van der Waals surface area (Å²) in [5.41, 5.74) is 0. The van der Waals surface area contributed by atoms with E-state index in [1.165, 1.54) is 12.8 Å². The van der Waals surface area contributed by atoms with Gasteiger partial charge in [-0.25, -0.2) is 0 Å². The minimum absolute atomic E-state index is 0.158. The number of thioether (sulfide) groups is 1. The summed E-state index contributed by atoms with van der Waals surface area (Å²) in [6.07, 6.45) is 3.01. The molecule has 0 saturated carbocycles. The van der Waals surface area contributed by atoms with Crippen molar-refractivity contribution in [2.24, 2.45) is 0 Å². The van der Waals surface area contributed by atoms with Gasteiger partial charge in [-0.15, -0.1) is 11.8 Å². The Morgan fingerprint density at radius 1 is 1.47 bits per heavy atom. The number of hydrogen-bond donors (Lipinski definition) is 2. The maximum Gasteiger partial charge on any atom is 0.232 e. The first-order chi connectivity index (χ1) is 8.27. The van der Waals surface area contributed by atoms with Crippen LogP contribution in [0, 0.1) is 0 Å². The maximum atomic E-state index is 11.9. The first-order valence-corrected chi connectivity index (χ1v) is 7.53. The molecule has 0 aromatic rings. The van der Waals surface area contributed by atoms with E-state index in [2.05, 4.69) is 5.32 Å². The van der Waals surface area contributed by atoms with Gasteiger partial charge in [0.05, 0.1) is 5.75 Å². The maximum absolute atomic E-state index is 11.9. The van der Waals surface area contributed by atoms with Crippen molar-refractivity contribution >= 4 is 17.7 Å². The molecule has 0 unspecified atom stereocenters. The predicted octanol–water partition coefficient (Wildman–Crippen LogP) is 0.702. The molecule has 1 rings (SSSR count). The van der Waals surface area contributed by atoms with Crippen molar-refractivity contribution in [3.05, 3.63) is 0 Å². The minimum atomic E-state index is 0.158. The molecule has 4 nitrogen and oxygen atoms in total. The third-order valence-electron chi connectivity index (χ3n) is 3.05. The van der Waals surface area contributed by atoms with Crippen LogP contribution in [0.15, 0.2) is 0 Å². The zero-order valence-electron chi connectivity index (χ0n) is 10.7. The van der Waals surface area contributed by atoms with Gasteiger partial charge in [0.2, 0.25) is 5.91 Å². The van der Waals surface area contributed by atoms with Crippen LogP contribution >= 0.6 is 11.8 Å². The normalized spacial score (nSPS) is 17.1.